The molecule has 6 heteroatoms. The molecule has 0 aliphatic heterocycles. The Hall–Kier alpha value is -1.10. The standard InChI is InChI=1S/C13H8BrCl2NO2/c14-10-2-1-5-17(13(10)19)7-12(18)9-4-3-8(15)6-11(9)16/h1-6H,7H2. The van der Waals surface area contributed by atoms with Crippen LogP contribution in [0.4, 0.5) is 0 Å². The van der Waals surface area contributed by atoms with Crippen molar-refractivity contribution in [3.63, 3.8) is 0 Å². The molecule has 2 rings (SSSR count). The zero-order valence-corrected chi connectivity index (χ0v) is 12.7. The summed E-state index contributed by atoms with van der Waals surface area (Å²) < 4.78 is 1.72. The largest absolute Gasteiger partial charge is 0.307 e. The number of carbonyl (C=O) groups excluding carboxylic acids is 1. The first-order valence-electron chi connectivity index (χ1n) is 5.32. The minimum Gasteiger partial charge on any atom is -0.307 e. The molecular weight excluding hydrogens is 353 g/mol. The van der Waals surface area contributed by atoms with E-state index in [4.69, 9.17) is 23.2 Å². The monoisotopic (exact) mass is 359 g/mol. The van der Waals surface area contributed by atoms with Gasteiger partial charge in [-0.2, -0.15) is 0 Å². The van der Waals surface area contributed by atoms with Crippen molar-refractivity contribution in [2.45, 2.75) is 6.54 Å². The van der Waals surface area contributed by atoms with Gasteiger partial charge in [0, 0.05) is 16.8 Å². The molecule has 0 unspecified atom stereocenters. The van der Waals surface area contributed by atoms with Crippen LogP contribution in [0.25, 0.3) is 0 Å². The van der Waals surface area contributed by atoms with E-state index < -0.39 is 0 Å². The number of hydrogen-bond donors (Lipinski definition) is 0. The Morgan fingerprint density at radius 1 is 1.26 bits per heavy atom. The molecule has 1 aromatic carbocycles. The van der Waals surface area contributed by atoms with Gasteiger partial charge in [-0.3, -0.25) is 9.59 Å². The molecule has 0 spiro atoms. The van der Waals surface area contributed by atoms with E-state index in [-0.39, 0.29) is 22.9 Å². The average Bonchev–Trinajstić information content (AvgIpc) is 2.34. The predicted octanol–water partition coefficient (Wildman–Crippen LogP) is 3.80. The Balaban J connectivity index is 2.31. The fraction of sp³-hybridized carbons (Fsp3) is 0.0769. The molecule has 0 saturated carbocycles. The molecule has 0 N–H and O–H groups in total. The Morgan fingerprint density at radius 2 is 2.00 bits per heavy atom. The molecule has 0 aliphatic carbocycles. The van der Waals surface area contributed by atoms with Crippen molar-refractivity contribution in [3.05, 3.63) is 67.0 Å². The second-order valence-electron chi connectivity index (χ2n) is 3.84. The van der Waals surface area contributed by atoms with Crippen molar-refractivity contribution >= 4 is 44.9 Å². The van der Waals surface area contributed by atoms with Gasteiger partial charge in [0.2, 0.25) is 0 Å². The van der Waals surface area contributed by atoms with Crippen LogP contribution in [0.5, 0.6) is 0 Å². The number of Topliss-reactive ketones (excluding diaryl/α,β-unsaturated/α-hetero) is 1. The second-order valence-corrected chi connectivity index (χ2v) is 5.53. The molecular formula is C13H8BrCl2NO2. The van der Waals surface area contributed by atoms with Gasteiger partial charge in [0.25, 0.3) is 5.56 Å². The van der Waals surface area contributed by atoms with Gasteiger partial charge in [0.15, 0.2) is 5.78 Å². The lowest BCUT2D eigenvalue weighted by Gasteiger charge is -2.07. The minimum atomic E-state index is -0.263. The lowest BCUT2D eigenvalue weighted by Crippen LogP contribution is -2.24. The Kier molecular flexibility index (Phi) is 4.45. The number of carbonyl (C=O) groups is 1. The molecule has 0 radical (unpaired) electrons. The van der Waals surface area contributed by atoms with Crippen molar-refractivity contribution < 1.29 is 4.79 Å². The molecule has 0 aliphatic rings. The van der Waals surface area contributed by atoms with Crippen LogP contribution in [0.3, 0.4) is 0 Å². The average molecular weight is 361 g/mol. The Bertz CT molecular complexity index is 697. The first-order chi connectivity index (χ1) is 8.99. The van der Waals surface area contributed by atoms with Gasteiger partial charge in [0.05, 0.1) is 16.0 Å². The maximum Gasteiger partial charge on any atom is 0.265 e. The summed E-state index contributed by atoms with van der Waals surface area (Å²) >= 11 is 14.9. The molecule has 19 heavy (non-hydrogen) atoms. The molecule has 1 heterocycles. The molecule has 2 aromatic rings. The molecule has 0 fully saturated rings. The van der Waals surface area contributed by atoms with E-state index >= 15 is 0 Å². The molecule has 98 valence electrons. The number of halogens is 3. The van der Waals surface area contributed by atoms with Crippen molar-refractivity contribution in [1.29, 1.82) is 0 Å². The topological polar surface area (TPSA) is 39.1 Å². The quantitative estimate of drug-likeness (QED) is 0.781. The van der Waals surface area contributed by atoms with Crippen LogP contribution in [-0.2, 0) is 6.54 Å². The molecule has 0 saturated heterocycles. The number of hydrogen-bond acceptors (Lipinski definition) is 2. The third-order valence-corrected chi connectivity index (χ3v) is 3.67. The lowest BCUT2D eigenvalue weighted by molar-refractivity contribution is 0.0971. The van der Waals surface area contributed by atoms with Gasteiger partial charge in [-0.15, -0.1) is 0 Å². The van der Waals surface area contributed by atoms with Gasteiger partial charge in [-0.1, -0.05) is 23.2 Å². The first kappa shape index (κ1) is 14.3. The third-order valence-electron chi connectivity index (χ3n) is 2.52. The van der Waals surface area contributed by atoms with Crippen molar-refractivity contribution in [3.8, 4) is 0 Å². The van der Waals surface area contributed by atoms with Crippen LogP contribution >= 0.6 is 39.1 Å². The number of ketones is 1. The van der Waals surface area contributed by atoms with E-state index in [1.165, 1.54) is 10.6 Å². The third kappa shape index (κ3) is 3.26. The van der Waals surface area contributed by atoms with Crippen LogP contribution in [-0.4, -0.2) is 10.4 Å². The second kappa shape index (κ2) is 5.90. The zero-order chi connectivity index (χ0) is 14.0. The maximum absolute atomic E-state index is 12.1. The number of rotatable bonds is 3. The van der Waals surface area contributed by atoms with Gasteiger partial charge in [0.1, 0.15) is 0 Å². The van der Waals surface area contributed by atoms with E-state index in [9.17, 15) is 9.59 Å². The highest BCUT2D eigenvalue weighted by Crippen LogP contribution is 2.21. The molecule has 0 amide bonds. The Morgan fingerprint density at radius 3 is 2.68 bits per heavy atom. The van der Waals surface area contributed by atoms with Gasteiger partial charge in [-0.05, 0) is 46.3 Å². The van der Waals surface area contributed by atoms with Crippen LogP contribution < -0.4 is 5.56 Å². The fourth-order valence-corrected chi connectivity index (χ4v) is 2.48. The van der Waals surface area contributed by atoms with Crippen LogP contribution in [0.2, 0.25) is 10.0 Å². The summed E-state index contributed by atoms with van der Waals surface area (Å²) in [4.78, 5) is 23.9. The number of nitrogens with zero attached hydrogens (tertiary/aromatic N) is 1. The smallest absolute Gasteiger partial charge is 0.265 e. The summed E-state index contributed by atoms with van der Waals surface area (Å²) in [6.07, 6.45) is 1.55. The predicted molar refractivity (Wildman–Crippen MR) is 79.2 cm³/mol. The SMILES string of the molecule is O=C(Cn1cccc(Br)c1=O)c1ccc(Cl)cc1Cl. The molecule has 3 nitrogen and oxygen atoms in total. The summed E-state index contributed by atoms with van der Waals surface area (Å²) in [5, 5.41) is 0.738. The molecule has 1 aromatic heterocycles. The first-order valence-corrected chi connectivity index (χ1v) is 6.87. The zero-order valence-electron chi connectivity index (χ0n) is 9.57. The highest BCUT2D eigenvalue weighted by molar-refractivity contribution is 9.10. The van der Waals surface area contributed by atoms with Gasteiger partial charge >= 0.3 is 0 Å². The number of aromatic nitrogens is 1. The van der Waals surface area contributed by atoms with E-state index in [1.54, 1.807) is 30.5 Å². The molecule has 0 bridgehead atoms. The van der Waals surface area contributed by atoms with Crippen molar-refractivity contribution in [2.24, 2.45) is 0 Å². The highest BCUT2D eigenvalue weighted by Gasteiger charge is 2.12. The van der Waals surface area contributed by atoms with Crippen LogP contribution in [0, 0.1) is 0 Å². The molecule has 0 atom stereocenters. The number of benzene rings is 1. The van der Waals surface area contributed by atoms with E-state index in [0.29, 0.717) is 15.1 Å². The summed E-state index contributed by atoms with van der Waals surface area (Å²) in [5.74, 6) is -0.248. The van der Waals surface area contributed by atoms with E-state index in [1.807, 2.05) is 0 Å². The van der Waals surface area contributed by atoms with Crippen LogP contribution in [0.15, 0.2) is 45.8 Å². The fourth-order valence-electron chi connectivity index (χ4n) is 1.59. The summed E-state index contributed by atoms with van der Waals surface area (Å²) in [6.45, 7) is -0.0698. The minimum absolute atomic E-state index is 0.0698. The maximum atomic E-state index is 12.1. The van der Waals surface area contributed by atoms with Gasteiger partial charge < -0.3 is 4.57 Å². The summed E-state index contributed by atoms with van der Waals surface area (Å²) in [7, 11) is 0. The normalized spacial score (nSPS) is 10.5. The van der Waals surface area contributed by atoms with Crippen molar-refractivity contribution in [2.75, 3.05) is 0 Å². The summed E-state index contributed by atoms with van der Waals surface area (Å²) in [6, 6.07) is 7.95. The van der Waals surface area contributed by atoms with Crippen molar-refractivity contribution in [1.82, 2.24) is 4.57 Å². The number of pyridine rings is 1. The summed E-state index contributed by atoms with van der Waals surface area (Å²) in [5.41, 5.74) is 0.0823. The van der Waals surface area contributed by atoms with Crippen LogP contribution in [0.1, 0.15) is 10.4 Å². The van der Waals surface area contributed by atoms with E-state index in [0.717, 1.165) is 0 Å². The highest BCUT2D eigenvalue weighted by atomic mass is 79.9. The Labute approximate surface area is 127 Å². The van der Waals surface area contributed by atoms with Gasteiger partial charge in [-0.25, -0.2) is 0 Å². The lowest BCUT2D eigenvalue weighted by atomic mass is 10.1. The van der Waals surface area contributed by atoms with E-state index in [2.05, 4.69) is 15.9 Å².